The van der Waals surface area contributed by atoms with Crippen molar-refractivity contribution in [3.05, 3.63) is 0 Å². The van der Waals surface area contributed by atoms with E-state index in [1.54, 1.807) is 0 Å². The standard InChI is InChI=1S/C13H20/c1-3-13(2)10-6-8-11-7-4-5-9-12(11)13/h1,11-12H,4-10H2,2H3. The summed E-state index contributed by atoms with van der Waals surface area (Å²) in [4.78, 5) is 0. The van der Waals surface area contributed by atoms with Gasteiger partial charge in [0, 0.05) is 5.41 Å². The van der Waals surface area contributed by atoms with E-state index in [0.717, 1.165) is 11.8 Å². The van der Waals surface area contributed by atoms with E-state index in [-0.39, 0.29) is 5.41 Å². The van der Waals surface area contributed by atoms with Crippen LogP contribution in [0.1, 0.15) is 51.9 Å². The predicted octanol–water partition coefficient (Wildman–Crippen LogP) is 3.62. The molecule has 2 saturated carbocycles. The van der Waals surface area contributed by atoms with E-state index < -0.39 is 0 Å². The Morgan fingerprint density at radius 3 is 2.62 bits per heavy atom. The second kappa shape index (κ2) is 3.37. The molecule has 0 heteroatoms. The minimum absolute atomic E-state index is 0.239. The van der Waals surface area contributed by atoms with Crippen molar-refractivity contribution in [3.8, 4) is 12.3 Å². The van der Waals surface area contributed by atoms with Crippen LogP contribution in [-0.2, 0) is 0 Å². The van der Waals surface area contributed by atoms with Crippen LogP contribution in [0.2, 0.25) is 0 Å². The molecular weight excluding hydrogens is 156 g/mol. The summed E-state index contributed by atoms with van der Waals surface area (Å²) in [5.41, 5.74) is 0.239. The van der Waals surface area contributed by atoms with Crippen molar-refractivity contribution in [1.82, 2.24) is 0 Å². The highest BCUT2D eigenvalue weighted by molar-refractivity contribution is 5.09. The number of hydrogen-bond acceptors (Lipinski definition) is 0. The number of terminal acetylenes is 1. The van der Waals surface area contributed by atoms with Gasteiger partial charge in [-0.2, -0.15) is 0 Å². The average Bonchev–Trinajstić information content (AvgIpc) is 2.19. The van der Waals surface area contributed by atoms with E-state index >= 15 is 0 Å². The number of rotatable bonds is 0. The summed E-state index contributed by atoms with van der Waals surface area (Å²) in [5.74, 6) is 4.89. The molecule has 0 bridgehead atoms. The first-order chi connectivity index (χ1) is 6.26. The quantitative estimate of drug-likeness (QED) is 0.494. The first-order valence-corrected chi connectivity index (χ1v) is 5.74. The van der Waals surface area contributed by atoms with Crippen LogP contribution in [-0.4, -0.2) is 0 Å². The van der Waals surface area contributed by atoms with Crippen molar-refractivity contribution < 1.29 is 0 Å². The smallest absolute Gasteiger partial charge is 0.0314 e. The first kappa shape index (κ1) is 9.13. The molecule has 2 rings (SSSR count). The molecule has 0 N–H and O–H groups in total. The molecule has 0 aromatic carbocycles. The lowest BCUT2D eigenvalue weighted by atomic mass is 9.58. The first-order valence-electron chi connectivity index (χ1n) is 5.74. The molecule has 0 spiro atoms. The Kier molecular flexibility index (Phi) is 2.37. The van der Waals surface area contributed by atoms with Crippen LogP contribution in [0.15, 0.2) is 0 Å². The van der Waals surface area contributed by atoms with Crippen molar-refractivity contribution in [2.75, 3.05) is 0 Å². The molecule has 0 radical (unpaired) electrons. The third-order valence-electron chi connectivity index (χ3n) is 4.33. The molecule has 0 amide bonds. The number of fused-ring (bicyclic) bond motifs is 1. The molecule has 72 valence electrons. The van der Waals surface area contributed by atoms with Crippen LogP contribution in [0.4, 0.5) is 0 Å². The van der Waals surface area contributed by atoms with Crippen molar-refractivity contribution >= 4 is 0 Å². The minimum atomic E-state index is 0.239. The summed E-state index contributed by atoms with van der Waals surface area (Å²) in [6.07, 6.45) is 15.5. The highest BCUT2D eigenvalue weighted by Crippen LogP contribution is 2.50. The average molecular weight is 176 g/mol. The fourth-order valence-electron chi connectivity index (χ4n) is 3.49. The van der Waals surface area contributed by atoms with Gasteiger partial charge in [-0.25, -0.2) is 0 Å². The maximum absolute atomic E-state index is 5.69. The van der Waals surface area contributed by atoms with E-state index in [1.165, 1.54) is 44.9 Å². The highest BCUT2D eigenvalue weighted by atomic mass is 14.4. The molecule has 0 nitrogen and oxygen atoms in total. The van der Waals surface area contributed by atoms with Crippen molar-refractivity contribution in [2.24, 2.45) is 17.3 Å². The van der Waals surface area contributed by atoms with Crippen LogP contribution in [0.3, 0.4) is 0 Å². The second-order valence-corrected chi connectivity index (χ2v) is 5.11. The van der Waals surface area contributed by atoms with Crippen LogP contribution < -0.4 is 0 Å². The topological polar surface area (TPSA) is 0 Å². The molecule has 2 fully saturated rings. The third kappa shape index (κ3) is 1.50. The number of hydrogen-bond donors (Lipinski definition) is 0. The Morgan fingerprint density at radius 1 is 1.15 bits per heavy atom. The van der Waals surface area contributed by atoms with Crippen molar-refractivity contribution in [2.45, 2.75) is 51.9 Å². The lowest BCUT2D eigenvalue weighted by molar-refractivity contribution is 0.0693. The van der Waals surface area contributed by atoms with E-state index in [1.807, 2.05) is 0 Å². The molecule has 13 heavy (non-hydrogen) atoms. The van der Waals surface area contributed by atoms with E-state index in [0.29, 0.717) is 0 Å². The summed E-state index contributed by atoms with van der Waals surface area (Å²) in [7, 11) is 0. The van der Waals surface area contributed by atoms with Gasteiger partial charge in [0.25, 0.3) is 0 Å². The van der Waals surface area contributed by atoms with E-state index in [9.17, 15) is 0 Å². The Morgan fingerprint density at radius 2 is 1.85 bits per heavy atom. The van der Waals surface area contributed by atoms with E-state index in [4.69, 9.17) is 6.42 Å². The molecule has 2 aliphatic rings. The molecule has 0 saturated heterocycles. The van der Waals surface area contributed by atoms with Gasteiger partial charge in [-0.15, -0.1) is 6.42 Å². The monoisotopic (exact) mass is 176 g/mol. The van der Waals surface area contributed by atoms with Gasteiger partial charge >= 0.3 is 0 Å². The molecule has 0 aliphatic heterocycles. The van der Waals surface area contributed by atoms with Crippen LogP contribution >= 0.6 is 0 Å². The zero-order valence-electron chi connectivity index (χ0n) is 8.68. The van der Waals surface area contributed by atoms with Gasteiger partial charge in [0.15, 0.2) is 0 Å². The Labute approximate surface area is 82.1 Å². The van der Waals surface area contributed by atoms with Gasteiger partial charge in [0.1, 0.15) is 0 Å². The lowest BCUT2D eigenvalue weighted by Gasteiger charge is -2.45. The zero-order chi connectivity index (χ0) is 9.31. The van der Waals surface area contributed by atoms with Gasteiger partial charge in [0.2, 0.25) is 0 Å². The van der Waals surface area contributed by atoms with Gasteiger partial charge in [-0.1, -0.05) is 38.0 Å². The minimum Gasteiger partial charge on any atom is -0.120 e. The molecule has 3 unspecified atom stereocenters. The Bertz CT molecular complexity index is 221. The Balaban J connectivity index is 2.17. The fourth-order valence-corrected chi connectivity index (χ4v) is 3.49. The summed E-state index contributed by atoms with van der Waals surface area (Å²) >= 11 is 0. The molecule has 3 atom stereocenters. The maximum atomic E-state index is 5.69. The van der Waals surface area contributed by atoms with Crippen molar-refractivity contribution in [3.63, 3.8) is 0 Å². The molecule has 0 aromatic rings. The maximum Gasteiger partial charge on any atom is 0.0314 e. The molecular formula is C13H20. The molecule has 0 heterocycles. The largest absolute Gasteiger partial charge is 0.120 e. The van der Waals surface area contributed by atoms with Crippen LogP contribution in [0, 0.1) is 29.6 Å². The second-order valence-electron chi connectivity index (χ2n) is 5.11. The van der Waals surface area contributed by atoms with Crippen LogP contribution in [0.5, 0.6) is 0 Å². The summed E-state index contributed by atoms with van der Waals surface area (Å²) in [6.45, 7) is 2.31. The molecule has 0 aromatic heterocycles. The van der Waals surface area contributed by atoms with Crippen molar-refractivity contribution in [1.29, 1.82) is 0 Å². The SMILES string of the molecule is C#CC1(C)CCCC2CCCCC21. The summed E-state index contributed by atoms with van der Waals surface area (Å²) in [6, 6.07) is 0. The van der Waals surface area contributed by atoms with E-state index in [2.05, 4.69) is 12.8 Å². The van der Waals surface area contributed by atoms with Gasteiger partial charge in [0.05, 0.1) is 0 Å². The summed E-state index contributed by atoms with van der Waals surface area (Å²) < 4.78 is 0. The predicted molar refractivity (Wildman–Crippen MR) is 56.2 cm³/mol. The highest BCUT2D eigenvalue weighted by Gasteiger charge is 2.41. The van der Waals surface area contributed by atoms with Gasteiger partial charge in [-0.3, -0.25) is 0 Å². The zero-order valence-corrected chi connectivity index (χ0v) is 8.68. The summed E-state index contributed by atoms with van der Waals surface area (Å²) in [5, 5.41) is 0. The normalized spacial score (nSPS) is 44.9. The Hall–Kier alpha value is -0.440. The molecule has 2 aliphatic carbocycles. The van der Waals surface area contributed by atoms with Gasteiger partial charge in [-0.05, 0) is 31.6 Å². The van der Waals surface area contributed by atoms with Crippen LogP contribution in [0.25, 0.3) is 0 Å². The lowest BCUT2D eigenvalue weighted by Crippen LogP contribution is -2.37. The van der Waals surface area contributed by atoms with Gasteiger partial charge < -0.3 is 0 Å². The third-order valence-corrected chi connectivity index (χ3v) is 4.33. The fraction of sp³-hybridized carbons (Fsp3) is 0.846.